The number of rotatable bonds is 7. The number of benzene rings is 2. The largest absolute Gasteiger partial charge is 0.459 e. The summed E-state index contributed by atoms with van der Waals surface area (Å²) in [4.78, 5) is 43.0. The lowest BCUT2D eigenvalue weighted by molar-refractivity contribution is -0.130. The second kappa shape index (κ2) is 11.3. The number of Topliss-reactive ketones (excluding diaryl/α,β-unsaturated/α-hetero) is 1. The van der Waals surface area contributed by atoms with Crippen LogP contribution in [0.3, 0.4) is 0 Å². The molecule has 9 heteroatoms. The van der Waals surface area contributed by atoms with E-state index in [1.807, 2.05) is 37.3 Å². The zero-order chi connectivity index (χ0) is 27.4. The predicted molar refractivity (Wildman–Crippen MR) is 148 cm³/mol. The number of morpholine rings is 1. The summed E-state index contributed by atoms with van der Waals surface area (Å²) in [6.07, 6.45) is 4.69. The maximum absolute atomic E-state index is 12.7. The van der Waals surface area contributed by atoms with E-state index in [1.165, 1.54) is 11.0 Å². The molecule has 2 aromatic heterocycles. The summed E-state index contributed by atoms with van der Waals surface area (Å²) in [5.41, 5.74) is 10.3. The molecule has 198 valence electrons. The quantitative estimate of drug-likeness (QED) is 0.214. The first-order valence-electron chi connectivity index (χ1n) is 12.6. The number of nitrogens with zero attached hydrogens (tertiary/aromatic N) is 2. The first kappa shape index (κ1) is 25.9. The Morgan fingerprint density at radius 3 is 2.51 bits per heavy atom. The predicted octanol–water partition coefficient (Wildman–Crippen LogP) is 3.76. The van der Waals surface area contributed by atoms with Gasteiger partial charge < -0.3 is 25.1 Å². The lowest BCUT2D eigenvalue weighted by atomic mass is 9.99. The third-order valence-corrected chi connectivity index (χ3v) is 6.50. The third-order valence-electron chi connectivity index (χ3n) is 6.50. The van der Waals surface area contributed by atoms with Gasteiger partial charge in [0.2, 0.25) is 11.7 Å². The molecule has 0 radical (unpaired) electrons. The van der Waals surface area contributed by atoms with Crippen LogP contribution < -0.4 is 11.1 Å². The highest BCUT2D eigenvalue weighted by molar-refractivity contribution is 6.42. The molecule has 3 heterocycles. The normalized spacial score (nSPS) is 13.6. The van der Waals surface area contributed by atoms with Gasteiger partial charge in [0.25, 0.3) is 5.91 Å². The number of ether oxygens (including phenoxy) is 1. The van der Waals surface area contributed by atoms with Crippen LogP contribution in [0, 0.1) is 6.92 Å². The highest BCUT2D eigenvalue weighted by Gasteiger charge is 2.24. The molecule has 4 aromatic rings. The standard InChI is InChI=1S/C30H28N4O5/c1-19-14-23(21-4-6-22(7-5-21)28(36)30(37)34-10-12-38-13-11-34)15-24-16-25(39-29(19)24)18-33-27(35)9-3-20-2-8-26(31)32-17-20/h2-9,14-17H,10-13,18H2,1H3,(H2,31,32)(H,33,35)/b9-3+. The molecule has 0 bridgehead atoms. The molecular formula is C30H28N4O5. The number of amides is 2. The lowest BCUT2D eigenvalue weighted by Crippen LogP contribution is -2.44. The summed E-state index contributed by atoms with van der Waals surface area (Å²) in [5.74, 6) is -0.228. The Labute approximate surface area is 225 Å². The molecule has 1 aliphatic rings. The van der Waals surface area contributed by atoms with Crippen LogP contribution in [-0.4, -0.2) is 53.8 Å². The van der Waals surface area contributed by atoms with E-state index in [9.17, 15) is 14.4 Å². The van der Waals surface area contributed by atoms with Gasteiger partial charge in [0.1, 0.15) is 17.2 Å². The van der Waals surface area contributed by atoms with Crippen molar-refractivity contribution in [2.45, 2.75) is 13.5 Å². The Hall–Kier alpha value is -4.76. The molecular weight excluding hydrogens is 496 g/mol. The fourth-order valence-corrected chi connectivity index (χ4v) is 4.40. The molecule has 9 nitrogen and oxygen atoms in total. The van der Waals surface area contributed by atoms with Crippen molar-refractivity contribution in [3.63, 3.8) is 0 Å². The van der Waals surface area contributed by atoms with E-state index in [2.05, 4.69) is 10.3 Å². The van der Waals surface area contributed by atoms with Crippen LogP contribution in [-0.2, 0) is 20.9 Å². The van der Waals surface area contributed by atoms with Crippen molar-refractivity contribution in [1.82, 2.24) is 15.2 Å². The molecule has 1 saturated heterocycles. The summed E-state index contributed by atoms with van der Waals surface area (Å²) in [7, 11) is 0. The van der Waals surface area contributed by atoms with E-state index < -0.39 is 11.7 Å². The fraction of sp³-hybridized carbons (Fsp3) is 0.200. The number of hydrogen-bond acceptors (Lipinski definition) is 7. The number of fused-ring (bicyclic) bond motifs is 1. The summed E-state index contributed by atoms with van der Waals surface area (Å²) in [5, 5.41) is 3.73. The number of carbonyl (C=O) groups excluding carboxylic acids is 3. The smallest absolute Gasteiger partial charge is 0.295 e. The number of pyridine rings is 1. The minimum atomic E-state index is -0.517. The number of hydrogen-bond donors (Lipinski definition) is 2. The zero-order valence-electron chi connectivity index (χ0n) is 21.5. The number of carbonyl (C=O) groups is 3. The first-order chi connectivity index (χ1) is 18.9. The van der Waals surface area contributed by atoms with Gasteiger partial charge in [0.05, 0.1) is 19.8 Å². The molecule has 5 rings (SSSR count). The van der Waals surface area contributed by atoms with E-state index in [0.29, 0.717) is 43.4 Å². The van der Waals surface area contributed by atoms with Gasteiger partial charge in [-0.15, -0.1) is 0 Å². The Morgan fingerprint density at radius 2 is 1.79 bits per heavy atom. The number of aromatic nitrogens is 1. The van der Waals surface area contributed by atoms with Crippen molar-refractivity contribution < 1.29 is 23.5 Å². The van der Waals surface area contributed by atoms with Crippen molar-refractivity contribution in [2.75, 3.05) is 32.0 Å². The van der Waals surface area contributed by atoms with Gasteiger partial charge >= 0.3 is 0 Å². The molecule has 1 fully saturated rings. The van der Waals surface area contributed by atoms with Gasteiger partial charge in [0, 0.05) is 36.3 Å². The summed E-state index contributed by atoms with van der Waals surface area (Å²) >= 11 is 0. The fourth-order valence-electron chi connectivity index (χ4n) is 4.40. The molecule has 0 spiro atoms. The van der Waals surface area contributed by atoms with Crippen LogP contribution >= 0.6 is 0 Å². The molecule has 3 N–H and O–H groups in total. The number of ketones is 1. The van der Waals surface area contributed by atoms with Crippen molar-refractivity contribution in [2.24, 2.45) is 0 Å². The van der Waals surface area contributed by atoms with Crippen LogP contribution in [0.4, 0.5) is 5.82 Å². The maximum atomic E-state index is 12.7. The van der Waals surface area contributed by atoms with Crippen molar-refractivity contribution >= 4 is 40.5 Å². The first-order valence-corrected chi connectivity index (χ1v) is 12.6. The highest BCUT2D eigenvalue weighted by atomic mass is 16.5. The maximum Gasteiger partial charge on any atom is 0.295 e. The Morgan fingerprint density at radius 1 is 1.03 bits per heavy atom. The summed E-state index contributed by atoms with van der Waals surface area (Å²) in [6, 6.07) is 16.4. The van der Waals surface area contributed by atoms with Gasteiger partial charge in [0.15, 0.2) is 0 Å². The van der Waals surface area contributed by atoms with E-state index in [4.69, 9.17) is 14.9 Å². The lowest BCUT2D eigenvalue weighted by Gasteiger charge is -2.26. The van der Waals surface area contributed by atoms with E-state index in [1.54, 1.807) is 36.5 Å². The van der Waals surface area contributed by atoms with Gasteiger partial charge in [-0.1, -0.05) is 24.3 Å². The number of aryl methyl sites for hydroxylation is 1. The average molecular weight is 525 g/mol. The Bertz CT molecular complexity index is 1550. The molecule has 2 aromatic carbocycles. The number of nitrogens with one attached hydrogen (secondary N) is 1. The van der Waals surface area contributed by atoms with Crippen molar-refractivity contribution in [3.05, 3.63) is 89.3 Å². The molecule has 0 unspecified atom stereocenters. The molecule has 0 aliphatic carbocycles. The van der Waals surface area contributed by atoms with Gasteiger partial charge in [-0.25, -0.2) is 4.98 Å². The van der Waals surface area contributed by atoms with Crippen LogP contribution in [0.25, 0.3) is 28.2 Å². The average Bonchev–Trinajstić information content (AvgIpc) is 3.39. The van der Waals surface area contributed by atoms with E-state index >= 15 is 0 Å². The Balaban J connectivity index is 1.25. The second-order valence-electron chi connectivity index (χ2n) is 9.30. The van der Waals surface area contributed by atoms with E-state index in [0.717, 1.165) is 33.2 Å². The Kier molecular flexibility index (Phi) is 7.51. The van der Waals surface area contributed by atoms with Crippen LogP contribution in [0.5, 0.6) is 0 Å². The number of furan rings is 1. The topological polar surface area (TPSA) is 128 Å². The molecule has 2 amide bonds. The zero-order valence-corrected chi connectivity index (χ0v) is 21.5. The highest BCUT2D eigenvalue weighted by Crippen LogP contribution is 2.30. The summed E-state index contributed by atoms with van der Waals surface area (Å²) < 4.78 is 11.2. The second-order valence-corrected chi connectivity index (χ2v) is 9.30. The van der Waals surface area contributed by atoms with Crippen molar-refractivity contribution in [3.8, 4) is 11.1 Å². The SMILES string of the molecule is Cc1cc(-c2ccc(C(=O)C(=O)N3CCOCC3)cc2)cc2cc(CNC(=O)/C=C/c3ccc(N)nc3)oc12. The number of nitrogens with two attached hydrogens (primary N) is 1. The minimum Gasteiger partial charge on any atom is -0.459 e. The molecule has 39 heavy (non-hydrogen) atoms. The van der Waals surface area contributed by atoms with Crippen molar-refractivity contribution in [1.29, 1.82) is 0 Å². The van der Waals surface area contributed by atoms with Gasteiger partial charge in [-0.3, -0.25) is 14.4 Å². The summed E-state index contributed by atoms with van der Waals surface area (Å²) in [6.45, 7) is 3.94. The third kappa shape index (κ3) is 6.05. The minimum absolute atomic E-state index is 0.237. The van der Waals surface area contributed by atoms with Gasteiger partial charge in [-0.05, 0) is 65.6 Å². The van der Waals surface area contributed by atoms with Crippen LogP contribution in [0.15, 0.2) is 71.3 Å². The van der Waals surface area contributed by atoms with Gasteiger partial charge in [-0.2, -0.15) is 0 Å². The molecule has 0 saturated carbocycles. The number of nitrogen functional groups attached to an aromatic ring is 1. The number of anilines is 1. The van der Waals surface area contributed by atoms with Crippen LogP contribution in [0.1, 0.15) is 27.2 Å². The monoisotopic (exact) mass is 524 g/mol. The molecule has 1 aliphatic heterocycles. The van der Waals surface area contributed by atoms with Crippen LogP contribution in [0.2, 0.25) is 0 Å². The molecule has 0 atom stereocenters. The van der Waals surface area contributed by atoms with E-state index in [-0.39, 0.29) is 12.5 Å².